The maximum absolute atomic E-state index is 11.4. The van der Waals surface area contributed by atoms with Gasteiger partial charge in [-0.3, -0.25) is 4.79 Å². The predicted octanol–water partition coefficient (Wildman–Crippen LogP) is 3.11. The monoisotopic (exact) mass is 273 g/mol. The zero-order valence-corrected chi connectivity index (χ0v) is 12.5. The van der Waals surface area contributed by atoms with E-state index in [0.29, 0.717) is 18.9 Å². The molecule has 1 N–H and O–H groups in total. The third-order valence-corrected chi connectivity index (χ3v) is 3.69. The number of carbonyl (C=O) groups is 1. The van der Waals surface area contributed by atoms with Crippen molar-refractivity contribution in [1.82, 2.24) is 14.9 Å². The van der Waals surface area contributed by atoms with Gasteiger partial charge in [0.05, 0.1) is 17.6 Å². The van der Waals surface area contributed by atoms with Gasteiger partial charge in [-0.05, 0) is 18.1 Å². The molecule has 4 nitrogen and oxygen atoms in total. The highest BCUT2D eigenvalue weighted by molar-refractivity contribution is 5.77. The van der Waals surface area contributed by atoms with E-state index < -0.39 is 0 Å². The lowest BCUT2D eigenvalue weighted by molar-refractivity contribution is -0.120. The maximum Gasteiger partial charge on any atom is 0.220 e. The topological polar surface area (TPSA) is 46.9 Å². The van der Waals surface area contributed by atoms with Gasteiger partial charge in [-0.15, -0.1) is 0 Å². The smallest absolute Gasteiger partial charge is 0.220 e. The molecule has 0 bridgehead atoms. The molecule has 1 heterocycles. The Balaban J connectivity index is 2.31. The van der Waals surface area contributed by atoms with Crippen LogP contribution in [0.15, 0.2) is 24.3 Å². The fourth-order valence-electron chi connectivity index (χ4n) is 2.21. The zero-order chi connectivity index (χ0) is 14.5. The summed E-state index contributed by atoms with van der Waals surface area (Å²) in [6, 6.07) is 8.15. The molecule has 0 radical (unpaired) electrons. The van der Waals surface area contributed by atoms with E-state index in [1.807, 2.05) is 25.1 Å². The molecule has 108 valence electrons. The molecule has 4 heteroatoms. The van der Waals surface area contributed by atoms with Crippen LogP contribution in [0.4, 0.5) is 0 Å². The Morgan fingerprint density at radius 1 is 1.35 bits per heavy atom. The average Bonchev–Trinajstić information content (AvgIpc) is 2.82. The zero-order valence-electron chi connectivity index (χ0n) is 12.5. The van der Waals surface area contributed by atoms with Crippen LogP contribution in [0, 0.1) is 5.92 Å². The molecule has 1 amide bonds. The van der Waals surface area contributed by atoms with Crippen LogP contribution in [0.2, 0.25) is 0 Å². The molecule has 1 unspecified atom stereocenters. The summed E-state index contributed by atoms with van der Waals surface area (Å²) in [7, 11) is 0. The number of benzene rings is 1. The molecule has 0 aliphatic rings. The molecule has 0 saturated carbocycles. The number of nitrogens with zero attached hydrogens (tertiary/aromatic N) is 2. The summed E-state index contributed by atoms with van der Waals surface area (Å²) in [4.78, 5) is 16.1. The first kappa shape index (κ1) is 14.6. The second kappa shape index (κ2) is 6.55. The molecule has 1 aromatic carbocycles. The third-order valence-electron chi connectivity index (χ3n) is 3.69. The average molecular weight is 273 g/mol. The first-order chi connectivity index (χ1) is 9.65. The Kier molecular flexibility index (Phi) is 4.77. The number of carbonyl (C=O) groups excluding carboxylic acids is 1. The SMILES string of the molecule is CCC(=O)NCc1nc2ccccc2n1CC(C)CC. The van der Waals surface area contributed by atoms with Gasteiger partial charge in [-0.2, -0.15) is 0 Å². The standard InChI is InChI=1S/C16H23N3O/c1-4-12(3)11-19-14-9-7-6-8-13(14)18-15(19)10-17-16(20)5-2/h6-9,12H,4-5,10-11H2,1-3H3,(H,17,20). The number of hydrogen-bond acceptors (Lipinski definition) is 2. The van der Waals surface area contributed by atoms with Gasteiger partial charge in [0.25, 0.3) is 0 Å². The lowest BCUT2D eigenvalue weighted by Gasteiger charge is -2.14. The summed E-state index contributed by atoms with van der Waals surface area (Å²) in [5, 5.41) is 2.92. The highest BCUT2D eigenvalue weighted by Crippen LogP contribution is 2.18. The number of rotatable bonds is 6. The second-order valence-electron chi connectivity index (χ2n) is 5.27. The number of imidazole rings is 1. The van der Waals surface area contributed by atoms with Crippen molar-refractivity contribution in [1.29, 1.82) is 0 Å². The fraction of sp³-hybridized carbons (Fsp3) is 0.500. The minimum absolute atomic E-state index is 0.0622. The van der Waals surface area contributed by atoms with E-state index in [0.717, 1.165) is 29.8 Å². The minimum atomic E-state index is 0.0622. The lowest BCUT2D eigenvalue weighted by atomic mass is 10.1. The van der Waals surface area contributed by atoms with Gasteiger partial charge in [-0.1, -0.05) is 39.3 Å². The van der Waals surface area contributed by atoms with Crippen LogP contribution in [0.25, 0.3) is 11.0 Å². The molecular weight excluding hydrogens is 250 g/mol. The quantitative estimate of drug-likeness (QED) is 0.879. The molecule has 2 rings (SSSR count). The van der Waals surface area contributed by atoms with Crippen molar-refractivity contribution in [3.63, 3.8) is 0 Å². The summed E-state index contributed by atoms with van der Waals surface area (Å²) < 4.78 is 2.24. The van der Waals surface area contributed by atoms with Crippen LogP contribution >= 0.6 is 0 Å². The van der Waals surface area contributed by atoms with E-state index in [1.165, 1.54) is 0 Å². The van der Waals surface area contributed by atoms with E-state index in [1.54, 1.807) is 0 Å². The Labute approximate surface area is 120 Å². The summed E-state index contributed by atoms with van der Waals surface area (Å²) in [5.41, 5.74) is 2.14. The number of para-hydroxylation sites is 2. The van der Waals surface area contributed by atoms with Crippen molar-refractivity contribution in [3.8, 4) is 0 Å². The summed E-state index contributed by atoms with van der Waals surface area (Å²) in [6.07, 6.45) is 1.64. The molecule has 2 aromatic rings. The van der Waals surface area contributed by atoms with E-state index in [9.17, 15) is 4.79 Å². The van der Waals surface area contributed by atoms with Crippen molar-refractivity contribution < 1.29 is 4.79 Å². The van der Waals surface area contributed by atoms with Crippen molar-refractivity contribution >= 4 is 16.9 Å². The van der Waals surface area contributed by atoms with Gasteiger partial charge < -0.3 is 9.88 Å². The van der Waals surface area contributed by atoms with Crippen LogP contribution in [0.3, 0.4) is 0 Å². The summed E-state index contributed by atoms with van der Waals surface area (Å²) in [5.74, 6) is 1.59. The first-order valence-electron chi connectivity index (χ1n) is 7.36. The number of fused-ring (bicyclic) bond motifs is 1. The van der Waals surface area contributed by atoms with E-state index in [-0.39, 0.29) is 5.91 Å². The Hall–Kier alpha value is -1.84. The molecule has 0 saturated heterocycles. The van der Waals surface area contributed by atoms with Crippen molar-refractivity contribution in [3.05, 3.63) is 30.1 Å². The number of aromatic nitrogens is 2. The van der Waals surface area contributed by atoms with Crippen LogP contribution in [-0.2, 0) is 17.9 Å². The van der Waals surface area contributed by atoms with E-state index >= 15 is 0 Å². The largest absolute Gasteiger partial charge is 0.349 e. The molecule has 1 atom stereocenters. The van der Waals surface area contributed by atoms with E-state index in [2.05, 4.69) is 34.8 Å². The normalized spacial score (nSPS) is 12.6. The van der Waals surface area contributed by atoms with Gasteiger partial charge in [0, 0.05) is 13.0 Å². The Bertz CT molecular complexity index is 588. The van der Waals surface area contributed by atoms with Gasteiger partial charge >= 0.3 is 0 Å². The number of hydrogen-bond donors (Lipinski definition) is 1. The van der Waals surface area contributed by atoms with Gasteiger partial charge in [-0.25, -0.2) is 4.98 Å². The summed E-state index contributed by atoms with van der Waals surface area (Å²) >= 11 is 0. The molecule has 20 heavy (non-hydrogen) atoms. The Morgan fingerprint density at radius 3 is 2.80 bits per heavy atom. The second-order valence-corrected chi connectivity index (χ2v) is 5.27. The lowest BCUT2D eigenvalue weighted by Crippen LogP contribution is -2.24. The third kappa shape index (κ3) is 3.18. The van der Waals surface area contributed by atoms with Gasteiger partial charge in [0.15, 0.2) is 0 Å². The number of nitrogens with one attached hydrogen (secondary N) is 1. The molecule has 0 aliphatic carbocycles. The molecule has 1 aromatic heterocycles. The molecular formula is C16H23N3O. The van der Waals surface area contributed by atoms with Crippen molar-refractivity contribution in [2.45, 2.75) is 46.7 Å². The molecule has 0 fully saturated rings. The highest BCUT2D eigenvalue weighted by Gasteiger charge is 2.12. The van der Waals surface area contributed by atoms with Gasteiger partial charge in [0.2, 0.25) is 5.91 Å². The first-order valence-corrected chi connectivity index (χ1v) is 7.36. The highest BCUT2D eigenvalue weighted by atomic mass is 16.1. The molecule has 0 spiro atoms. The fourth-order valence-corrected chi connectivity index (χ4v) is 2.21. The maximum atomic E-state index is 11.4. The molecule has 0 aliphatic heterocycles. The van der Waals surface area contributed by atoms with Crippen LogP contribution in [-0.4, -0.2) is 15.5 Å². The summed E-state index contributed by atoms with van der Waals surface area (Å²) in [6.45, 7) is 7.73. The van der Waals surface area contributed by atoms with Crippen LogP contribution in [0.1, 0.15) is 39.4 Å². The van der Waals surface area contributed by atoms with E-state index in [4.69, 9.17) is 0 Å². The van der Waals surface area contributed by atoms with Crippen LogP contribution < -0.4 is 5.32 Å². The van der Waals surface area contributed by atoms with Crippen molar-refractivity contribution in [2.75, 3.05) is 0 Å². The predicted molar refractivity (Wildman–Crippen MR) is 81.3 cm³/mol. The van der Waals surface area contributed by atoms with Crippen LogP contribution in [0.5, 0.6) is 0 Å². The Morgan fingerprint density at radius 2 is 2.10 bits per heavy atom. The minimum Gasteiger partial charge on any atom is -0.349 e. The van der Waals surface area contributed by atoms with Crippen molar-refractivity contribution in [2.24, 2.45) is 5.92 Å². The number of amides is 1. The van der Waals surface area contributed by atoms with Gasteiger partial charge in [0.1, 0.15) is 5.82 Å².